The maximum atomic E-state index is 14.7. The van der Waals surface area contributed by atoms with Crippen LogP contribution in [-0.2, 0) is 32.6 Å². The Morgan fingerprint density at radius 2 is 1.54 bits per heavy atom. The van der Waals surface area contributed by atoms with Gasteiger partial charge in [-0.05, 0) is 67.3 Å². The number of hydrogen-bond donors (Lipinski definition) is 1. The molecule has 0 saturated carbocycles. The molecule has 46 heavy (non-hydrogen) atoms. The summed E-state index contributed by atoms with van der Waals surface area (Å²) in [4.78, 5) is 30.1. The fourth-order valence-electron chi connectivity index (χ4n) is 5.03. The zero-order valence-electron chi connectivity index (χ0n) is 26.5. The summed E-state index contributed by atoms with van der Waals surface area (Å²) in [6.07, 6.45) is 0.900. The van der Waals surface area contributed by atoms with E-state index in [-0.39, 0.29) is 41.2 Å². The SMILES string of the molecule is CC[C@@H](C)NC(=O)[C@H](Cc1ccccc1)N(Cc1ccccc1Cl)C(=O)CN(c1cc(C)ccc1OC)S(=O)(=O)c1ccccc1. The normalized spacial score (nSPS) is 12.5. The lowest BCUT2D eigenvalue weighted by Gasteiger charge is -2.34. The molecule has 0 spiro atoms. The Hall–Kier alpha value is -4.34. The van der Waals surface area contributed by atoms with Crippen LogP contribution in [0.3, 0.4) is 0 Å². The minimum Gasteiger partial charge on any atom is -0.495 e. The van der Waals surface area contributed by atoms with Crippen molar-refractivity contribution in [2.75, 3.05) is 18.0 Å². The van der Waals surface area contributed by atoms with E-state index in [0.29, 0.717) is 17.0 Å². The van der Waals surface area contributed by atoms with Gasteiger partial charge in [0, 0.05) is 24.0 Å². The quantitative estimate of drug-likeness (QED) is 0.169. The van der Waals surface area contributed by atoms with E-state index in [1.807, 2.05) is 51.1 Å². The van der Waals surface area contributed by atoms with E-state index < -0.39 is 28.5 Å². The number of methoxy groups -OCH3 is 1. The maximum absolute atomic E-state index is 14.7. The van der Waals surface area contributed by atoms with E-state index >= 15 is 0 Å². The molecule has 4 aromatic rings. The van der Waals surface area contributed by atoms with Crippen LogP contribution in [0.1, 0.15) is 37.0 Å². The lowest BCUT2D eigenvalue weighted by Crippen LogP contribution is -2.54. The largest absolute Gasteiger partial charge is 0.495 e. The molecule has 1 N–H and O–H groups in total. The third-order valence-electron chi connectivity index (χ3n) is 7.78. The van der Waals surface area contributed by atoms with Gasteiger partial charge in [0.15, 0.2) is 0 Å². The number of rotatable bonds is 14. The third-order valence-corrected chi connectivity index (χ3v) is 9.93. The molecule has 0 aliphatic rings. The summed E-state index contributed by atoms with van der Waals surface area (Å²) in [5.41, 5.74) is 2.45. The molecule has 0 radical (unpaired) electrons. The fourth-order valence-corrected chi connectivity index (χ4v) is 6.67. The number of amides is 2. The van der Waals surface area contributed by atoms with Gasteiger partial charge in [0.1, 0.15) is 18.3 Å². The average Bonchev–Trinajstić information content (AvgIpc) is 3.06. The van der Waals surface area contributed by atoms with Crippen LogP contribution < -0.4 is 14.4 Å². The molecule has 4 rings (SSSR count). The number of carbonyl (C=O) groups is 2. The number of anilines is 1. The Balaban J connectivity index is 1.86. The highest BCUT2D eigenvalue weighted by molar-refractivity contribution is 7.92. The van der Waals surface area contributed by atoms with Gasteiger partial charge in [0.05, 0.1) is 17.7 Å². The van der Waals surface area contributed by atoms with Gasteiger partial charge >= 0.3 is 0 Å². The zero-order chi connectivity index (χ0) is 33.3. The summed E-state index contributed by atoms with van der Waals surface area (Å²) < 4.78 is 35.2. The van der Waals surface area contributed by atoms with Crippen molar-refractivity contribution in [1.29, 1.82) is 0 Å². The van der Waals surface area contributed by atoms with Crippen molar-refractivity contribution >= 4 is 39.1 Å². The monoisotopic (exact) mass is 661 g/mol. The van der Waals surface area contributed by atoms with E-state index in [2.05, 4.69) is 5.32 Å². The topological polar surface area (TPSA) is 96.0 Å². The standard InChI is InChI=1S/C36H40ClN3O5S/c1-5-27(3)38-36(42)33(23-28-14-8-6-9-15-28)39(24-29-16-12-13-19-31(29)37)35(41)25-40(32-22-26(2)20-21-34(32)45-4)46(43,44)30-17-10-7-11-18-30/h6-22,27,33H,5,23-25H2,1-4H3,(H,38,42)/t27-,33+/m1/s1. The molecule has 0 fully saturated rings. The van der Waals surface area contributed by atoms with E-state index in [0.717, 1.165) is 15.4 Å². The maximum Gasteiger partial charge on any atom is 0.264 e. The van der Waals surface area contributed by atoms with Crippen LogP contribution in [0, 0.1) is 6.92 Å². The van der Waals surface area contributed by atoms with E-state index in [9.17, 15) is 18.0 Å². The van der Waals surface area contributed by atoms with Gasteiger partial charge in [0.25, 0.3) is 10.0 Å². The summed E-state index contributed by atoms with van der Waals surface area (Å²) in [5.74, 6) is -0.640. The molecule has 242 valence electrons. The van der Waals surface area contributed by atoms with Crippen LogP contribution in [0.5, 0.6) is 5.75 Å². The van der Waals surface area contributed by atoms with Crippen molar-refractivity contribution in [3.05, 3.63) is 125 Å². The fraction of sp³-hybridized carbons (Fsp3) is 0.278. The van der Waals surface area contributed by atoms with Gasteiger partial charge in [-0.1, -0.05) is 91.3 Å². The first-order valence-corrected chi connectivity index (χ1v) is 17.0. The van der Waals surface area contributed by atoms with Gasteiger partial charge in [-0.3, -0.25) is 13.9 Å². The molecular weight excluding hydrogens is 622 g/mol. The Morgan fingerprint density at radius 1 is 0.913 bits per heavy atom. The number of carbonyl (C=O) groups excluding carboxylic acids is 2. The van der Waals surface area contributed by atoms with Crippen molar-refractivity contribution in [1.82, 2.24) is 10.2 Å². The Bertz CT molecular complexity index is 1740. The van der Waals surface area contributed by atoms with Crippen LogP contribution in [0.25, 0.3) is 0 Å². The summed E-state index contributed by atoms with van der Waals surface area (Å²) in [6, 6.07) is 28.5. The average molecular weight is 662 g/mol. The van der Waals surface area contributed by atoms with Gasteiger partial charge in [-0.2, -0.15) is 0 Å². The minimum atomic E-state index is -4.26. The predicted octanol–water partition coefficient (Wildman–Crippen LogP) is 6.41. The first kappa shape index (κ1) is 34.5. The van der Waals surface area contributed by atoms with E-state index in [1.54, 1.807) is 60.7 Å². The first-order chi connectivity index (χ1) is 22.0. The van der Waals surface area contributed by atoms with E-state index in [4.69, 9.17) is 16.3 Å². The highest BCUT2D eigenvalue weighted by atomic mass is 35.5. The smallest absolute Gasteiger partial charge is 0.264 e. The summed E-state index contributed by atoms with van der Waals surface area (Å²) in [6.45, 7) is 5.08. The molecule has 0 aromatic heterocycles. The molecular formula is C36H40ClN3O5S. The van der Waals surface area contributed by atoms with Crippen LogP contribution in [-0.4, -0.2) is 50.9 Å². The molecule has 10 heteroatoms. The Morgan fingerprint density at radius 3 is 2.17 bits per heavy atom. The molecule has 0 unspecified atom stereocenters. The summed E-state index contributed by atoms with van der Waals surface area (Å²) in [5, 5.41) is 3.46. The van der Waals surface area contributed by atoms with Crippen molar-refractivity contribution < 1.29 is 22.7 Å². The molecule has 0 bridgehead atoms. The molecule has 4 aromatic carbocycles. The number of sulfonamides is 1. The number of nitrogens with zero attached hydrogens (tertiary/aromatic N) is 2. The van der Waals surface area contributed by atoms with Gasteiger partial charge in [-0.25, -0.2) is 8.42 Å². The minimum absolute atomic E-state index is 0.0133. The molecule has 8 nitrogen and oxygen atoms in total. The summed E-state index contributed by atoms with van der Waals surface area (Å²) in [7, 11) is -2.82. The second-order valence-electron chi connectivity index (χ2n) is 11.1. The third kappa shape index (κ3) is 8.47. The Kier molecular flexibility index (Phi) is 11.8. The van der Waals surface area contributed by atoms with Crippen LogP contribution >= 0.6 is 11.6 Å². The molecule has 2 amide bonds. The van der Waals surface area contributed by atoms with Crippen molar-refractivity contribution in [2.45, 2.75) is 57.1 Å². The second-order valence-corrected chi connectivity index (χ2v) is 13.4. The summed E-state index contributed by atoms with van der Waals surface area (Å²) >= 11 is 6.57. The molecule has 0 aliphatic carbocycles. The lowest BCUT2D eigenvalue weighted by molar-refractivity contribution is -0.140. The predicted molar refractivity (Wildman–Crippen MR) is 183 cm³/mol. The number of nitrogens with one attached hydrogen (secondary N) is 1. The number of hydrogen-bond acceptors (Lipinski definition) is 5. The van der Waals surface area contributed by atoms with Crippen molar-refractivity contribution in [2.24, 2.45) is 0 Å². The highest BCUT2D eigenvalue weighted by Crippen LogP contribution is 2.34. The molecule has 0 aliphatic heterocycles. The number of benzene rings is 4. The Labute approximate surface area is 277 Å². The van der Waals surface area contributed by atoms with Crippen LogP contribution in [0.4, 0.5) is 5.69 Å². The van der Waals surface area contributed by atoms with Crippen LogP contribution in [0.2, 0.25) is 5.02 Å². The van der Waals surface area contributed by atoms with E-state index in [1.165, 1.54) is 24.1 Å². The highest BCUT2D eigenvalue weighted by Gasteiger charge is 2.36. The molecule has 2 atom stereocenters. The van der Waals surface area contributed by atoms with Crippen LogP contribution in [0.15, 0.2) is 108 Å². The second kappa shape index (κ2) is 15.8. The lowest BCUT2D eigenvalue weighted by atomic mass is 10.0. The van der Waals surface area contributed by atoms with Crippen molar-refractivity contribution in [3.8, 4) is 5.75 Å². The van der Waals surface area contributed by atoms with Gasteiger partial charge in [0.2, 0.25) is 11.8 Å². The zero-order valence-corrected chi connectivity index (χ0v) is 28.1. The molecule has 0 saturated heterocycles. The van der Waals surface area contributed by atoms with Crippen molar-refractivity contribution in [3.63, 3.8) is 0 Å². The molecule has 0 heterocycles. The van der Waals surface area contributed by atoms with Gasteiger partial charge in [-0.15, -0.1) is 0 Å². The number of halogens is 1. The number of ether oxygens (including phenoxy) is 1. The van der Waals surface area contributed by atoms with Gasteiger partial charge < -0.3 is 15.0 Å². The first-order valence-electron chi connectivity index (χ1n) is 15.1. The number of aryl methyl sites for hydroxylation is 1.